The molecular formula is C26H21NO3. The summed E-state index contributed by atoms with van der Waals surface area (Å²) in [6.07, 6.45) is 0.336. The lowest BCUT2D eigenvalue weighted by Gasteiger charge is -2.18. The van der Waals surface area contributed by atoms with E-state index in [1.165, 1.54) is 0 Å². The zero-order valence-electron chi connectivity index (χ0n) is 16.3. The number of carbonyl (C=O) groups is 2. The molecule has 0 aliphatic heterocycles. The number of hydrogen-bond acceptors (Lipinski definition) is 3. The number of amides is 1. The minimum atomic E-state index is -0.820. The number of carbonyl (C=O) groups excluding carboxylic acids is 2. The van der Waals surface area contributed by atoms with Crippen molar-refractivity contribution in [2.45, 2.75) is 12.5 Å². The molecule has 0 bridgehead atoms. The molecule has 1 unspecified atom stereocenters. The molecule has 0 spiro atoms. The van der Waals surface area contributed by atoms with Crippen molar-refractivity contribution in [2.75, 3.05) is 0 Å². The van der Waals surface area contributed by atoms with Crippen LogP contribution in [-0.4, -0.2) is 17.9 Å². The Morgan fingerprint density at radius 3 is 2.13 bits per heavy atom. The summed E-state index contributed by atoms with van der Waals surface area (Å²) >= 11 is 0. The average Bonchev–Trinajstić information content (AvgIpc) is 2.80. The predicted molar refractivity (Wildman–Crippen MR) is 117 cm³/mol. The third-order valence-electron chi connectivity index (χ3n) is 4.87. The topological polar surface area (TPSA) is 55.4 Å². The molecule has 0 radical (unpaired) electrons. The third kappa shape index (κ3) is 4.55. The molecule has 1 atom stereocenters. The second kappa shape index (κ2) is 9.05. The van der Waals surface area contributed by atoms with Crippen LogP contribution in [0, 0.1) is 0 Å². The summed E-state index contributed by atoms with van der Waals surface area (Å²) in [5.74, 6) is -0.337. The Hall–Kier alpha value is -3.92. The minimum Gasteiger partial charge on any atom is -0.424 e. The van der Waals surface area contributed by atoms with E-state index in [0.717, 1.165) is 16.3 Å². The van der Waals surface area contributed by atoms with Crippen LogP contribution in [-0.2, 0) is 11.2 Å². The van der Waals surface area contributed by atoms with Gasteiger partial charge >= 0.3 is 5.97 Å². The van der Waals surface area contributed by atoms with E-state index >= 15 is 0 Å². The Kier molecular flexibility index (Phi) is 5.85. The molecule has 1 amide bonds. The first-order valence-corrected chi connectivity index (χ1v) is 9.80. The molecule has 0 heterocycles. The van der Waals surface area contributed by atoms with Crippen LogP contribution in [0.4, 0.5) is 0 Å². The number of rotatable bonds is 6. The van der Waals surface area contributed by atoms with Crippen LogP contribution in [0.5, 0.6) is 5.75 Å². The molecule has 0 fully saturated rings. The first-order valence-electron chi connectivity index (χ1n) is 9.80. The number of nitrogens with one attached hydrogen (secondary N) is 1. The fourth-order valence-corrected chi connectivity index (χ4v) is 3.34. The molecule has 30 heavy (non-hydrogen) atoms. The van der Waals surface area contributed by atoms with E-state index in [1.54, 1.807) is 30.3 Å². The smallest absolute Gasteiger partial charge is 0.334 e. The van der Waals surface area contributed by atoms with Gasteiger partial charge in [-0.3, -0.25) is 4.79 Å². The standard InChI is InChI=1S/C26H21NO3/c28-25(21-13-5-2-6-14-21)27-23(18-19-10-3-1-4-11-19)26(29)30-24-17-9-15-20-12-7-8-16-22(20)24/h1-17,23H,18H2,(H,27,28). The van der Waals surface area contributed by atoms with Gasteiger partial charge in [-0.25, -0.2) is 4.79 Å². The van der Waals surface area contributed by atoms with Crippen molar-refractivity contribution in [1.29, 1.82) is 0 Å². The van der Waals surface area contributed by atoms with Gasteiger partial charge in [0.05, 0.1) is 0 Å². The average molecular weight is 395 g/mol. The summed E-state index contributed by atoms with van der Waals surface area (Å²) in [5.41, 5.74) is 1.43. The SMILES string of the molecule is O=C(NC(Cc1ccccc1)C(=O)Oc1cccc2ccccc12)c1ccccc1. The second-order valence-electron chi connectivity index (χ2n) is 6.98. The number of benzene rings is 4. The van der Waals surface area contributed by atoms with Gasteiger partial charge in [-0.1, -0.05) is 84.9 Å². The molecule has 0 aliphatic carbocycles. The number of esters is 1. The van der Waals surface area contributed by atoms with Gasteiger partial charge in [0.25, 0.3) is 5.91 Å². The van der Waals surface area contributed by atoms with Gasteiger partial charge in [-0.15, -0.1) is 0 Å². The van der Waals surface area contributed by atoms with E-state index in [9.17, 15) is 9.59 Å². The molecular weight excluding hydrogens is 374 g/mol. The van der Waals surface area contributed by atoms with Crippen LogP contribution < -0.4 is 10.1 Å². The fraction of sp³-hybridized carbons (Fsp3) is 0.0769. The van der Waals surface area contributed by atoms with Crippen molar-refractivity contribution in [2.24, 2.45) is 0 Å². The Balaban J connectivity index is 1.59. The zero-order chi connectivity index (χ0) is 20.8. The number of hydrogen-bond donors (Lipinski definition) is 1. The van der Waals surface area contributed by atoms with Crippen molar-refractivity contribution in [3.05, 3.63) is 114 Å². The van der Waals surface area contributed by atoms with Gasteiger partial charge in [-0.2, -0.15) is 0 Å². The fourth-order valence-electron chi connectivity index (χ4n) is 3.34. The molecule has 1 N–H and O–H groups in total. The quantitative estimate of drug-likeness (QED) is 0.377. The van der Waals surface area contributed by atoms with Gasteiger partial charge in [-0.05, 0) is 29.1 Å². The Bertz CT molecular complexity index is 1150. The maximum Gasteiger partial charge on any atom is 0.334 e. The van der Waals surface area contributed by atoms with Gasteiger partial charge in [0.1, 0.15) is 11.8 Å². The number of fused-ring (bicyclic) bond motifs is 1. The zero-order valence-corrected chi connectivity index (χ0v) is 16.3. The second-order valence-corrected chi connectivity index (χ2v) is 6.98. The van der Waals surface area contributed by atoms with Crippen LogP contribution in [0.3, 0.4) is 0 Å². The summed E-state index contributed by atoms with van der Waals surface area (Å²) in [6, 6.07) is 30.9. The van der Waals surface area contributed by atoms with E-state index < -0.39 is 12.0 Å². The number of ether oxygens (including phenoxy) is 1. The first kappa shape index (κ1) is 19.4. The molecule has 0 aliphatic rings. The largest absolute Gasteiger partial charge is 0.424 e. The van der Waals surface area contributed by atoms with Crippen molar-refractivity contribution >= 4 is 22.6 Å². The first-order chi connectivity index (χ1) is 14.7. The summed E-state index contributed by atoms with van der Waals surface area (Å²) in [7, 11) is 0. The summed E-state index contributed by atoms with van der Waals surface area (Å²) in [4.78, 5) is 25.8. The lowest BCUT2D eigenvalue weighted by Crippen LogP contribution is -2.44. The van der Waals surface area contributed by atoms with E-state index in [1.807, 2.05) is 72.8 Å². The van der Waals surface area contributed by atoms with Gasteiger partial charge in [0.15, 0.2) is 0 Å². The highest BCUT2D eigenvalue weighted by Crippen LogP contribution is 2.25. The van der Waals surface area contributed by atoms with Crippen LogP contribution in [0.25, 0.3) is 10.8 Å². The molecule has 0 saturated heterocycles. The van der Waals surface area contributed by atoms with Crippen molar-refractivity contribution in [1.82, 2.24) is 5.32 Å². The Morgan fingerprint density at radius 2 is 1.37 bits per heavy atom. The van der Waals surface area contributed by atoms with Crippen molar-refractivity contribution in [3.63, 3.8) is 0 Å². The van der Waals surface area contributed by atoms with E-state index in [0.29, 0.717) is 17.7 Å². The molecule has 148 valence electrons. The molecule has 4 aromatic carbocycles. The summed E-state index contributed by atoms with van der Waals surface area (Å²) in [5, 5.41) is 4.67. The Labute approximate surface area is 175 Å². The van der Waals surface area contributed by atoms with E-state index in [4.69, 9.17) is 4.74 Å². The lowest BCUT2D eigenvalue weighted by molar-refractivity contribution is -0.136. The monoisotopic (exact) mass is 395 g/mol. The van der Waals surface area contributed by atoms with E-state index in [-0.39, 0.29) is 5.91 Å². The molecule has 4 rings (SSSR count). The van der Waals surface area contributed by atoms with Crippen molar-refractivity contribution in [3.8, 4) is 5.75 Å². The third-order valence-corrected chi connectivity index (χ3v) is 4.87. The van der Waals surface area contributed by atoms with E-state index in [2.05, 4.69) is 5.32 Å². The van der Waals surface area contributed by atoms with Crippen LogP contribution >= 0.6 is 0 Å². The van der Waals surface area contributed by atoms with Crippen LogP contribution in [0.1, 0.15) is 15.9 Å². The molecule has 0 aromatic heterocycles. The van der Waals surface area contributed by atoms with Crippen LogP contribution in [0.15, 0.2) is 103 Å². The van der Waals surface area contributed by atoms with Gasteiger partial charge < -0.3 is 10.1 Å². The maximum atomic E-state index is 13.1. The normalized spacial score (nSPS) is 11.6. The highest BCUT2D eigenvalue weighted by Gasteiger charge is 2.24. The van der Waals surface area contributed by atoms with Gasteiger partial charge in [0.2, 0.25) is 0 Å². The summed E-state index contributed by atoms with van der Waals surface area (Å²) < 4.78 is 5.75. The van der Waals surface area contributed by atoms with Gasteiger partial charge in [0, 0.05) is 17.4 Å². The summed E-state index contributed by atoms with van der Waals surface area (Å²) in [6.45, 7) is 0. The highest BCUT2D eigenvalue weighted by molar-refractivity contribution is 5.97. The van der Waals surface area contributed by atoms with Crippen molar-refractivity contribution < 1.29 is 14.3 Å². The minimum absolute atomic E-state index is 0.314. The maximum absolute atomic E-state index is 13.1. The lowest BCUT2D eigenvalue weighted by atomic mass is 10.1. The Morgan fingerprint density at radius 1 is 0.733 bits per heavy atom. The molecule has 4 heteroatoms. The van der Waals surface area contributed by atoms with Crippen LogP contribution in [0.2, 0.25) is 0 Å². The molecule has 4 aromatic rings. The molecule has 4 nitrogen and oxygen atoms in total. The highest BCUT2D eigenvalue weighted by atomic mass is 16.5. The predicted octanol–water partition coefficient (Wildman–Crippen LogP) is 4.79. The molecule has 0 saturated carbocycles.